The lowest BCUT2D eigenvalue weighted by molar-refractivity contribution is -0.156. The number of ether oxygens (including phenoxy) is 2. The minimum absolute atomic E-state index is 0.105. The van der Waals surface area contributed by atoms with Gasteiger partial charge in [-0.1, -0.05) is 6.07 Å². The van der Waals surface area contributed by atoms with Crippen molar-refractivity contribution in [2.45, 2.75) is 71.7 Å². The van der Waals surface area contributed by atoms with Crippen LogP contribution < -0.4 is 4.74 Å². The first kappa shape index (κ1) is 17.8. The molecule has 2 atom stereocenters. The van der Waals surface area contributed by atoms with Gasteiger partial charge in [-0.05, 0) is 76.6 Å². The van der Waals surface area contributed by atoms with E-state index in [9.17, 15) is 9.90 Å². The highest BCUT2D eigenvalue weighted by Gasteiger charge is 2.29. The second-order valence-corrected chi connectivity index (χ2v) is 7.64. The zero-order valence-corrected chi connectivity index (χ0v) is 14.8. The van der Waals surface area contributed by atoms with E-state index in [1.807, 2.05) is 52.8 Å². The highest BCUT2D eigenvalue weighted by Crippen LogP contribution is 2.37. The maximum absolute atomic E-state index is 12.0. The number of aliphatic hydroxyl groups excluding tert-OH is 1. The van der Waals surface area contributed by atoms with E-state index in [4.69, 9.17) is 9.47 Å². The van der Waals surface area contributed by atoms with Crippen LogP contribution in [0.2, 0.25) is 0 Å². The molecule has 0 saturated carbocycles. The van der Waals surface area contributed by atoms with Crippen LogP contribution in [-0.2, 0) is 16.0 Å². The predicted molar refractivity (Wildman–Crippen MR) is 89.4 cm³/mol. The second kappa shape index (κ2) is 6.91. The fraction of sp³-hybridized carbons (Fsp3) is 0.632. The number of carbonyl (C=O) groups is 1. The van der Waals surface area contributed by atoms with Crippen LogP contribution in [-0.4, -0.2) is 22.8 Å². The molecule has 1 aliphatic carbocycles. The van der Waals surface area contributed by atoms with Crippen molar-refractivity contribution < 1.29 is 19.4 Å². The average molecular weight is 320 g/mol. The number of carbonyl (C=O) groups excluding carboxylic acids is 1. The number of hydrogen-bond acceptors (Lipinski definition) is 4. The van der Waals surface area contributed by atoms with Crippen molar-refractivity contribution >= 4 is 5.97 Å². The third-order valence-electron chi connectivity index (χ3n) is 3.79. The molecule has 1 N–H and O–H groups in total. The molecule has 0 fully saturated rings. The van der Waals surface area contributed by atoms with Crippen molar-refractivity contribution in [2.24, 2.45) is 5.92 Å². The minimum atomic E-state index is -0.554. The van der Waals surface area contributed by atoms with Gasteiger partial charge in [0, 0.05) is 6.42 Å². The van der Waals surface area contributed by atoms with Crippen LogP contribution in [0.4, 0.5) is 0 Å². The van der Waals surface area contributed by atoms with E-state index in [-0.39, 0.29) is 18.0 Å². The van der Waals surface area contributed by atoms with Gasteiger partial charge in [-0.25, -0.2) is 0 Å². The van der Waals surface area contributed by atoms with Gasteiger partial charge in [-0.3, -0.25) is 4.79 Å². The summed E-state index contributed by atoms with van der Waals surface area (Å²) in [7, 11) is 0. The number of fused-ring (bicyclic) bond motifs is 1. The molecule has 0 radical (unpaired) electrons. The second-order valence-electron chi connectivity index (χ2n) is 7.64. The topological polar surface area (TPSA) is 55.8 Å². The maximum Gasteiger partial charge on any atom is 0.306 e. The monoisotopic (exact) mass is 320 g/mol. The van der Waals surface area contributed by atoms with E-state index in [2.05, 4.69) is 0 Å². The first-order chi connectivity index (χ1) is 10.6. The first-order valence-electron chi connectivity index (χ1n) is 8.33. The Labute approximate surface area is 138 Å². The van der Waals surface area contributed by atoms with Gasteiger partial charge >= 0.3 is 5.97 Å². The third kappa shape index (κ3) is 5.24. The van der Waals surface area contributed by atoms with Crippen LogP contribution in [0.15, 0.2) is 18.2 Å². The molecule has 23 heavy (non-hydrogen) atoms. The smallest absolute Gasteiger partial charge is 0.306 e. The summed E-state index contributed by atoms with van der Waals surface area (Å²) in [6, 6.07) is 5.85. The van der Waals surface area contributed by atoms with E-state index in [0.717, 1.165) is 23.3 Å². The van der Waals surface area contributed by atoms with E-state index in [1.165, 1.54) is 0 Å². The molecule has 4 heteroatoms. The van der Waals surface area contributed by atoms with Gasteiger partial charge in [-0.2, -0.15) is 0 Å². The maximum atomic E-state index is 12.0. The van der Waals surface area contributed by atoms with Crippen LogP contribution >= 0.6 is 0 Å². The van der Waals surface area contributed by atoms with Crippen molar-refractivity contribution in [1.29, 1.82) is 0 Å². The molecular formula is C19H28O4. The van der Waals surface area contributed by atoms with Crippen molar-refractivity contribution in [3.05, 3.63) is 29.3 Å². The molecule has 0 aliphatic heterocycles. The quantitative estimate of drug-likeness (QED) is 0.857. The third-order valence-corrected chi connectivity index (χ3v) is 3.79. The summed E-state index contributed by atoms with van der Waals surface area (Å²) in [5.74, 6) is 0.700. The van der Waals surface area contributed by atoms with Crippen molar-refractivity contribution in [1.82, 2.24) is 0 Å². The van der Waals surface area contributed by atoms with E-state index < -0.39 is 11.7 Å². The zero-order valence-electron chi connectivity index (χ0n) is 14.8. The molecule has 0 heterocycles. The Morgan fingerprint density at radius 2 is 2.04 bits per heavy atom. The minimum Gasteiger partial charge on any atom is -0.491 e. The molecular weight excluding hydrogens is 292 g/mol. The predicted octanol–water partition coefficient (Wildman–Crippen LogP) is 3.80. The Morgan fingerprint density at radius 3 is 2.65 bits per heavy atom. The summed E-state index contributed by atoms with van der Waals surface area (Å²) in [6.45, 7) is 9.56. The number of esters is 1. The fourth-order valence-electron chi connectivity index (χ4n) is 3.03. The largest absolute Gasteiger partial charge is 0.491 e. The molecule has 0 aromatic heterocycles. The Bertz CT molecular complexity index is 557. The highest BCUT2D eigenvalue weighted by atomic mass is 16.6. The van der Waals surface area contributed by atoms with E-state index in [0.29, 0.717) is 12.8 Å². The molecule has 128 valence electrons. The number of rotatable bonds is 4. The lowest BCUT2D eigenvalue weighted by Gasteiger charge is -2.29. The Kier molecular flexibility index (Phi) is 5.35. The van der Waals surface area contributed by atoms with Gasteiger partial charge in [0.25, 0.3) is 0 Å². The molecule has 0 saturated heterocycles. The zero-order chi connectivity index (χ0) is 17.2. The van der Waals surface area contributed by atoms with Gasteiger partial charge in [0.05, 0.1) is 12.2 Å². The number of benzene rings is 1. The summed E-state index contributed by atoms with van der Waals surface area (Å²) >= 11 is 0. The van der Waals surface area contributed by atoms with Gasteiger partial charge in [0.1, 0.15) is 11.4 Å². The summed E-state index contributed by atoms with van der Waals surface area (Å²) < 4.78 is 11.1. The summed E-state index contributed by atoms with van der Waals surface area (Å²) in [6.07, 6.45) is 1.26. The highest BCUT2D eigenvalue weighted by molar-refractivity contribution is 5.70. The van der Waals surface area contributed by atoms with E-state index in [1.54, 1.807) is 0 Å². The Hall–Kier alpha value is -1.55. The van der Waals surface area contributed by atoms with Gasteiger partial charge in [0.15, 0.2) is 0 Å². The fourth-order valence-corrected chi connectivity index (χ4v) is 3.03. The summed E-state index contributed by atoms with van der Waals surface area (Å²) in [4.78, 5) is 12.0. The van der Waals surface area contributed by atoms with Gasteiger partial charge < -0.3 is 14.6 Å². The number of aliphatic hydroxyl groups is 1. The molecule has 0 bridgehead atoms. The molecule has 1 aliphatic rings. The number of hydrogen-bond donors (Lipinski definition) is 1. The van der Waals surface area contributed by atoms with Gasteiger partial charge in [0.2, 0.25) is 0 Å². The normalized spacial score (nSPS) is 21.0. The van der Waals surface area contributed by atoms with Crippen molar-refractivity contribution in [2.75, 3.05) is 0 Å². The molecule has 2 unspecified atom stereocenters. The lowest BCUT2D eigenvalue weighted by atomic mass is 9.80. The van der Waals surface area contributed by atoms with E-state index >= 15 is 0 Å². The average Bonchev–Trinajstić information content (AvgIpc) is 2.36. The van der Waals surface area contributed by atoms with Crippen LogP contribution in [0.3, 0.4) is 0 Å². The molecule has 4 nitrogen and oxygen atoms in total. The Morgan fingerprint density at radius 1 is 1.35 bits per heavy atom. The van der Waals surface area contributed by atoms with Crippen molar-refractivity contribution in [3.63, 3.8) is 0 Å². The molecule has 2 rings (SSSR count). The molecule has 0 spiro atoms. The lowest BCUT2D eigenvalue weighted by Crippen LogP contribution is -2.27. The summed E-state index contributed by atoms with van der Waals surface area (Å²) in [5, 5.41) is 10.4. The molecule has 1 aromatic carbocycles. The van der Waals surface area contributed by atoms with Crippen molar-refractivity contribution in [3.8, 4) is 5.75 Å². The first-order valence-corrected chi connectivity index (χ1v) is 8.33. The SMILES string of the molecule is CC(C)Oc1ccc2c(c1)C(O)CC(CC(=O)OC(C)(C)C)C2. The molecule has 1 aromatic rings. The summed E-state index contributed by atoms with van der Waals surface area (Å²) in [5.41, 5.74) is 1.54. The van der Waals surface area contributed by atoms with Crippen LogP contribution in [0, 0.1) is 5.92 Å². The van der Waals surface area contributed by atoms with Gasteiger partial charge in [-0.15, -0.1) is 0 Å². The standard InChI is InChI=1S/C19H28O4/c1-12(2)22-15-7-6-14-8-13(9-17(20)16(14)11-15)10-18(21)23-19(3,4)5/h6-7,11-13,17,20H,8-10H2,1-5H3. The van der Waals surface area contributed by atoms with Crippen LogP contribution in [0.1, 0.15) is 64.7 Å². The van der Waals surface area contributed by atoms with Crippen LogP contribution in [0.25, 0.3) is 0 Å². The molecule has 0 amide bonds. The Balaban J connectivity index is 2.05. The van der Waals surface area contributed by atoms with Crippen LogP contribution in [0.5, 0.6) is 5.75 Å².